The lowest BCUT2D eigenvalue weighted by Crippen LogP contribution is -2.40. The molecule has 5 atom stereocenters. The molecule has 3 saturated heterocycles. The molecule has 24 heavy (non-hydrogen) atoms. The molecule has 0 saturated carbocycles. The Bertz CT molecular complexity index is 568. The van der Waals surface area contributed by atoms with Crippen LogP contribution in [0.2, 0.25) is 0 Å². The van der Waals surface area contributed by atoms with Crippen molar-refractivity contribution in [2.75, 3.05) is 26.3 Å². The number of esters is 1. The van der Waals surface area contributed by atoms with Crippen molar-refractivity contribution < 1.29 is 23.8 Å². The fourth-order valence-corrected chi connectivity index (χ4v) is 4.38. The van der Waals surface area contributed by atoms with Crippen LogP contribution in [0.4, 0.5) is 0 Å². The van der Waals surface area contributed by atoms with Crippen LogP contribution in [-0.2, 0) is 23.8 Å². The Kier molecular flexibility index (Phi) is 3.92. The van der Waals surface area contributed by atoms with E-state index in [-0.39, 0.29) is 30.0 Å². The molecule has 6 nitrogen and oxygen atoms in total. The van der Waals surface area contributed by atoms with E-state index in [4.69, 9.17) is 14.2 Å². The quantitative estimate of drug-likeness (QED) is 0.557. The van der Waals surface area contributed by atoms with E-state index < -0.39 is 17.4 Å². The summed E-state index contributed by atoms with van der Waals surface area (Å²) in [4.78, 5) is 27.3. The third-order valence-electron chi connectivity index (χ3n) is 5.46. The number of hydrogen-bond donors (Lipinski definition) is 0. The van der Waals surface area contributed by atoms with Gasteiger partial charge in [0.2, 0.25) is 5.91 Å². The van der Waals surface area contributed by atoms with Gasteiger partial charge in [0.1, 0.15) is 11.5 Å². The lowest BCUT2D eigenvalue weighted by atomic mass is 9.77. The second-order valence-corrected chi connectivity index (χ2v) is 7.78. The van der Waals surface area contributed by atoms with Crippen molar-refractivity contribution in [2.24, 2.45) is 17.8 Å². The molecule has 2 unspecified atom stereocenters. The van der Waals surface area contributed by atoms with Gasteiger partial charge in [0.15, 0.2) is 0 Å². The summed E-state index contributed by atoms with van der Waals surface area (Å²) in [6, 6.07) is 0. The van der Waals surface area contributed by atoms with E-state index in [9.17, 15) is 9.59 Å². The van der Waals surface area contributed by atoms with Crippen LogP contribution in [0, 0.1) is 17.8 Å². The first-order chi connectivity index (χ1) is 11.5. The molecule has 6 heteroatoms. The topological polar surface area (TPSA) is 65.1 Å². The van der Waals surface area contributed by atoms with Crippen LogP contribution < -0.4 is 0 Å². The number of ether oxygens (including phenoxy) is 3. The molecular formula is C18H25NO5. The molecule has 0 radical (unpaired) electrons. The highest BCUT2D eigenvalue weighted by atomic mass is 16.6. The van der Waals surface area contributed by atoms with Gasteiger partial charge in [0.25, 0.3) is 0 Å². The Hall–Kier alpha value is -1.40. The van der Waals surface area contributed by atoms with Crippen LogP contribution >= 0.6 is 0 Å². The maximum absolute atomic E-state index is 13.0. The monoisotopic (exact) mass is 335 g/mol. The van der Waals surface area contributed by atoms with Gasteiger partial charge in [-0.15, -0.1) is 0 Å². The smallest absolute Gasteiger partial charge is 0.312 e. The summed E-state index contributed by atoms with van der Waals surface area (Å²) in [7, 11) is 0. The Labute approximate surface area is 142 Å². The highest BCUT2D eigenvalue weighted by Crippen LogP contribution is 2.52. The van der Waals surface area contributed by atoms with Gasteiger partial charge in [-0.05, 0) is 18.8 Å². The molecule has 0 aromatic rings. The highest BCUT2D eigenvalue weighted by Gasteiger charge is 2.67. The number of hydrogen-bond acceptors (Lipinski definition) is 5. The van der Waals surface area contributed by atoms with E-state index in [2.05, 4.69) is 0 Å². The summed E-state index contributed by atoms with van der Waals surface area (Å²) in [5.74, 6) is -1.00. The molecular weight excluding hydrogens is 310 g/mol. The van der Waals surface area contributed by atoms with Crippen molar-refractivity contribution in [1.82, 2.24) is 4.90 Å². The van der Waals surface area contributed by atoms with Crippen LogP contribution in [0.1, 0.15) is 26.7 Å². The summed E-state index contributed by atoms with van der Waals surface area (Å²) >= 11 is 0. The van der Waals surface area contributed by atoms with Crippen LogP contribution in [0.5, 0.6) is 0 Å². The zero-order valence-corrected chi connectivity index (χ0v) is 14.3. The first kappa shape index (κ1) is 16.1. The molecule has 132 valence electrons. The lowest BCUT2D eigenvalue weighted by Gasteiger charge is -2.23. The third kappa shape index (κ3) is 2.47. The second kappa shape index (κ2) is 5.85. The Balaban J connectivity index is 1.50. The average Bonchev–Trinajstić information content (AvgIpc) is 3.28. The summed E-state index contributed by atoms with van der Waals surface area (Å²) in [5, 5.41) is 0. The van der Waals surface area contributed by atoms with Crippen LogP contribution in [-0.4, -0.2) is 60.9 Å². The number of carbonyl (C=O) groups excluding carboxylic acids is 2. The van der Waals surface area contributed by atoms with Crippen molar-refractivity contribution in [2.45, 2.75) is 44.5 Å². The van der Waals surface area contributed by atoms with Gasteiger partial charge in [0.05, 0.1) is 31.3 Å². The zero-order valence-electron chi connectivity index (χ0n) is 14.3. The molecule has 0 N–H and O–H groups in total. The largest absolute Gasteiger partial charge is 0.465 e. The average molecular weight is 335 g/mol. The third-order valence-corrected chi connectivity index (χ3v) is 5.46. The van der Waals surface area contributed by atoms with Gasteiger partial charge in [-0.3, -0.25) is 9.59 Å². The van der Waals surface area contributed by atoms with Gasteiger partial charge in [0, 0.05) is 13.2 Å². The van der Waals surface area contributed by atoms with E-state index in [0.29, 0.717) is 19.7 Å². The standard InChI is InChI=1S/C18H25NO5/c1-11(2)9-23-17(21)14-13-5-6-18(24-13)10-19(16(20)15(14)18)8-12-4-3-7-22-12/h5-6,11-15H,3-4,7-10H2,1-2H3/t12?,13-,14?,15-,18+/m0/s1. The van der Waals surface area contributed by atoms with E-state index in [1.807, 2.05) is 30.9 Å². The van der Waals surface area contributed by atoms with Crippen LogP contribution in [0.15, 0.2) is 12.2 Å². The van der Waals surface area contributed by atoms with Gasteiger partial charge in [-0.25, -0.2) is 0 Å². The minimum Gasteiger partial charge on any atom is -0.465 e. The molecule has 0 aliphatic carbocycles. The maximum atomic E-state index is 13.0. The van der Waals surface area contributed by atoms with Crippen molar-refractivity contribution in [3.05, 3.63) is 12.2 Å². The summed E-state index contributed by atoms with van der Waals surface area (Å²) in [6.45, 7) is 6.24. The zero-order chi connectivity index (χ0) is 16.9. The van der Waals surface area contributed by atoms with Crippen LogP contribution in [0.3, 0.4) is 0 Å². The summed E-state index contributed by atoms with van der Waals surface area (Å²) in [5.41, 5.74) is -0.651. The maximum Gasteiger partial charge on any atom is 0.312 e. The Morgan fingerprint density at radius 1 is 1.50 bits per heavy atom. The molecule has 1 spiro atoms. The highest BCUT2D eigenvalue weighted by molar-refractivity contribution is 5.91. The van der Waals surface area contributed by atoms with Crippen molar-refractivity contribution in [1.29, 1.82) is 0 Å². The summed E-state index contributed by atoms with van der Waals surface area (Å²) in [6.07, 6.45) is 5.70. The summed E-state index contributed by atoms with van der Waals surface area (Å²) < 4.78 is 17.1. The number of nitrogens with zero attached hydrogens (tertiary/aromatic N) is 1. The van der Waals surface area contributed by atoms with Gasteiger partial charge < -0.3 is 19.1 Å². The van der Waals surface area contributed by atoms with Crippen molar-refractivity contribution >= 4 is 11.9 Å². The Morgan fingerprint density at radius 2 is 2.33 bits per heavy atom. The van der Waals surface area contributed by atoms with Crippen molar-refractivity contribution in [3.8, 4) is 0 Å². The van der Waals surface area contributed by atoms with Crippen LogP contribution in [0.25, 0.3) is 0 Å². The fourth-order valence-electron chi connectivity index (χ4n) is 4.38. The number of amides is 1. The van der Waals surface area contributed by atoms with E-state index >= 15 is 0 Å². The molecule has 1 amide bonds. The number of carbonyl (C=O) groups is 2. The molecule has 4 aliphatic rings. The Morgan fingerprint density at radius 3 is 3.04 bits per heavy atom. The molecule has 4 aliphatic heterocycles. The van der Waals surface area contributed by atoms with Crippen molar-refractivity contribution in [3.63, 3.8) is 0 Å². The number of fused-ring (bicyclic) bond motifs is 1. The number of rotatable bonds is 5. The minimum absolute atomic E-state index is 0.00356. The van der Waals surface area contributed by atoms with E-state index in [0.717, 1.165) is 19.4 Å². The molecule has 2 bridgehead atoms. The van der Waals surface area contributed by atoms with Gasteiger partial charge in [-0.2, -0.15) is 0 Å². The molecule has 0 aromatic heterocycles. The SMILES string of the molecule is CC(C)COC(=O)C1[C@@H]2C=C[C@]3(CN(CC4CCCO4)C(=O)[C@H]13)O2. The van der Waals surface area contributed by atoms with E-state index in [1.54, 1.807) is 0 Å². The number of likely N-dealkylation sites (tertiary alicyclic amines) is 1. The first-order valence-electron chi connectivity index (χ1n) is 8.94. The van der Waals surface area contributed by atoms with E-state index in [1.165, 1.54) is 0 Å². The first-order valence-corrected chi connectivity index (χ1v) is 8.94. The molecule has 3 fully saturated rings. The molecule has 4 rings (SSSR count). The van der Waals surface area contributed by atoms with Gasteiger partial charge in [-0.1, -0.05) is 26.0 Å². The lowest BCUT2D eigenvalue weighted by molar-refractivity contribution is -0.154. The van der Waals surface area contributed by atoms with Gasteiger partial charge >= 0.3 is 5.97 Å². The molecule has 0 aromatic carbocycles. The predicted octanol–water partition coefficient (Wildman–Crippen LogP) is 1.15. The molecule has 4 heterocycles. The predicted molar refractivity (Wildman–Crippen MR) is 85.1 cm³/mol. The fraction of sp³-hybridized carbons (Fsp3) is 0.778. The normalized spacial score (nSPS) is 40.0. The minimum atomic E-state index is -0.651. The second-order valence-electron chi connectivity index (χ2n) is 7.78.